The average molecular weight is 362 g/mol. The summed E-state index contributed by atoms with van der Waals surface area (Å²) in [6.45, 7) is 1.94. The Hall–Kier alpha value is -2.69. The van der Waals surface area contributed by atoms with Crippen LogP contribution in [0.1, 0.15) is 54.6 Å². The van der Waals surface area contributed by atoms with E-state index >= 15 is 0 Å². The maximum Gasteiger partial charge on any atom is 0.252 e. The van der Waals surface area contributed by atoms with Gasteiger partial charge in [0.05, 0.1) is 22.3 Å². The molecular weight excluding hydrogens is 336 g/mol. The zero-order chi connectivity index (χ0) is 18.8. The predicted octanol–water partition coefficient (Wildman–Crippen LogP) is 4.40. The van der Waals surface area contributed by atoms with E-state index in [1.165, 1.54) is 25.7 Å². The SMILES string of the molecule is Cc1nn(C)c2nc(-c3ccccc3)cc(C(=O)NC3CCCCCC3)c12. The van der Waals surface area contributed by atoms with Crippen molar-refractivity contribution >= 4 is 16.9 Å². The van der Waals surface area contributed by atoms with E-state index in [9.17, 15) is 4.79 Å². The highest BCUT2D eigenvalue weighted by molar-refractivity contribution is 6.07. The first-order chi connectivity index (χ1) is 13.1. The fraction of sp³-hybridized carbons (Fsp3) is 0.409. The van der Waals surface area contributed by atoms with Gasteiger partial charge in [-0.05, 0) is 25.8 Å². The summed E-state index contributed by atoms with van der Waals surface area (Å²) in [6.07, 6.45) is 7.06. The number of amides is 1. The van der Waals surface area contributed by atoms with E-state index in [2.05, 4.69) is 10.4 Å². The number of aryl methyl sites for hydroxylation is 2. The van der Waals surface area contributed by atoms with Crippen molar-refractivity contribution in [1.82, 2.24) is 20.1 Å². The van der Waals surface area contributed by atoms with Crippen LogP contribution in [0.2, 0.25) is 0 Å². The molecule has 1 saturated carbocycles. The minimum atomic E-state index is -0.0115. The number of carbonyl (C=O) groups is 1. The lowest BCUT2D eigenvalue weighted by Crippen LogP contribution is -2.34. The van der Waals surface area contributed by atoms with Gasteiger partial charge in [-0.25, -0.2) is 4.98 Å². The Balaban J connectivity index is 1.76. The quantitative estimate of drug-likeness (QED) is 0.703. The van der Waals surface area contributed by atoms with Crippen molar-refractivity contribution < 1.29 is 4.79 Å². The smallest absolute Gasteiger partial charge is 0.252 e. The summed E-state index contributed by atoms with van der Waals surface area (Å²) in [5.74, 6) is -0.0115. The maximum absolute atomic E-state index is 13.2. The number of fused-ring (bicyclic) bond motifs is 1. The molecule has 0 atom stereocenters. The number of benzene rings is 1. The van der Waals surface area contributed by atoms with E-state index in [0.717, 1.165) is 40.8 Å². The average Bonchev–Trinajstić information content (AvgIpc) is 2.85. The summed E-state index contributed by atoms with van der Waals surface area (Å²) in [6, 6.07) is 12.2. The number of nitrogens with zero attached hydrogens (tertiary/aromatic N) is 3. The molecule has 0 aliphatic heterocycles. The minimum absolute atomic E-state index is 0.0115. The molecule has 5 nitrogen and oxygen atoms in total. The van der Waals surface area contributed by atoms with E-state index in [0.29, 0.717) is 5.56 Å². The number of aromatic nitrogens is 3. The van der Waals surface area contributed by atoms with Crippen LogP contribution in [0.5, 0.6) is 0 Å². The Labute approximate surface area is 159 Å². The topological polar surface area (TPSA) is 59.8 Å². The van der Waals surface area contributed by atoms with Gasteiger partial charge in [0, 0.05) is 18.7 Å². The number of rotatable bonds is 3. The van der Waals surface area contributed by atoms with Gasteiger partial charge < -0.3 is 5.32 Å². The lowest BCUT2D eigenvalue weighted by atomic mass is 10.0. The van der Waals surface area contributed by atoms with Crippen LogP contribution in [0.25, 0.3) is 22.3 Å². The van der Waals surface area contributed by atoms with Gasteiger partial charge in [0.15, 0.2) is 5.65 Å². The first-order valence-corrected chi connectivity index (χ1v) is 9.84. The Morgan fingerprint density at radius 2 is 1.81 bits per heavy atom. The summed E-state index contributed by atoms with van der Waals surface area (Å²) in [7, 11) is 1.88. The van der Waals surface area contributed by atoms with Gasteiger partial charge >= 0.3 is 0 Å². The molecule has 1 amide bonds. The van der Waals surface area contributed by atoms with Crippen LogP contribution >= 0.6 is 0 Å². The summed E-state index contributed by atoms with van der Waals surface area (Å²) in [4.78, 5) is 18.0. The highest BCUT2D eigenvalue weighted by Gasteiger charge is 2.22. The number of carbonyl (C=O) groups excluding carboxylic acids is 1. The third-order valence-corrected chi connectivity index (χ3v) is 5.47. The van der Waals surface area contributed by atoms with Crippen molar-refractivity contribution in [3.63, 3.8) is 0 Å². The molecular formula is C22H26N4O. The second kappa shape index (κ2) is 7.51. The van der Waals surface area contributed by atoms with Gasteiger partial charge in [-0.3, -0.25) is 9.48 Å². The molecule has 0 bridgehead atoms. The Kier molecular flexibility index (Phi) is 4.92. The number of nitrogens with one attached hydrogen (secondary N) is 1. The molecule has 0 unspecified atom stereocenters. The van der Waals surface area contributed by atoms with Gasteiger partial charge in [-0.2, -0.15) is 5.10 Å². The Bertz CT molecular complexity index is 953. The Morgan fingerprint density at radius 1 is 1.11 bits per heavy atom. The van der Waals surface area contributed by atoms with Crippen molar-refractivity contribution in [2.45, 2.75) is 51.5 Å². The van der Waals surface area contributed by atoms with E-state index in [1.807, 2.05) is 50.4 Å². The lowest BCUT2D eigenvalue weighted by Gasteiger charge is -2.17. The van der Waals surface area contributed by atoms with Crippen LogP contribution in [0.3, 0.4) is 0 Å². The maximum atomic E-state index is 13.2. The largest absolute Gasteiger partial charge is 0.349 e. The second-order valence-electron chi connectivity index (χ2n) is 7.49. The third-order valence-electron chi connectivity index (χ3n) is 5.47. The van der Waals surface area contributed by atoms with Gasteiger partial charge in [-0.1, -0.05) is 56.0 Å². The summed E-state index contributed by atoms with van der Waals surface area (Å²) in [5.41, 5.74) is 4.07. The zero-order valence-corrected chi connectivity index (χ0v) is 16.0. The molecule has 3 aromatic rings. The number of hydrogen-bond donors (Lipinski definition) is 1. The molecule has 0 spiro atoms. The predicted molar refractivity (Wildman–Crippen MR) is 108 cm³/mol. The van der Waals surface area contributed by atoms with E-state index < -0.39 is 0 Å². The molecule has 1 aliphatic carbocycles. The number of pyridine rings is 1. The molecule has 2 heterocycles. The second-order valence-corrected chi connectivity index (χ2v) is 7.49. The van der Waals surface area contributed by atoms with Crippen molar-refractivity contribution in [3.8, 4) is 11.3 Å². The van der Waals surface area contributed by atoms with Crippen molar-refractivity contribution in [2.24, 2.45) is 7.05 Å². The fourth-order valence-electron chi connectivity index (χ4n) is 4.07. The first-order valence-electron chi connectivity index (χ1n) is 9.84. The van der Waals surface area contributed by atoms with Crippen LogP contribution in [0, 0.1) is 6.92 Å². The molecule has 140 valence electrons. The molecule has 5 heteroatoms. The van der Waals surface area contributed by atoms with Crippen LogP contribution in [-0.4, -0.2) is 26.7 Å². The summed E-state index contributed by atoms with van der Waals surface area (Å²) >= 11 is 0. The van der Waals surface area contributed by atoms with Crippen LogP contribution in [0.15, 0.2) is 36.4 Å². The minimum Gasteiger partial charge on any atom is -0.349 e. The highest BCUT2D eigenvalue weighted by atomic mass is 16.1. The van der Waals surface area contributed by atoms with Crippen LogP contribution in [0.4, 0.5) is 0 Å². The molecule has 0 saturated heterocycles. The number of hydrogen-bond acceptors (Lipinski definition) is 3. The first kappa shape index (κ1) is 17.7. The van der Waals surface area contributed by atoms with Gasteiger partial charge in [0.1, 0.15) is 0 Å². The van der Waals surface area contributed by atoms with Crippen LogP contribution < -0.4 is 5.32 Å². The van der Waals surface area contributed by atoms with E-state index in [-0.39, 0.29) is 11.9 Å². The normalized spacial score (nSPS) is 15.6. The summed E-state index contributed by atoms with van der Waals surface area (Å²) < 4.78 is 1.76. The monoisotopic (exact) mass is 362 g/mol. The van der Waals surface area contributed by atoms with Crippen molar-refractivity contribution in [2.75, 3.05) is 0 Å². The molecule has 4 rings (SSSR count). The van der Waals surface area contributed by atoms with Gasteiger partial charge in [0.25, 0.3) is 5.91 Å². The molecule has 1 N–H and O–H groups in total. The standard InChI is InChI=1S/C22H26N4O/c1-15-20-18(22(27)23-17-12-8-3-4-9-13-17)14-19(16-10-6-5-7-11-16)24-21(20)26(2)25-15/h5-7,10-11,14,17H,3-4,8-9,12-13H2,1-2H3,(H,23,27). The molecule has 1 fully saturated rings. The summed E-state index contributed by atoms with van der Waals surface area (Å²) in [5, 5.41) is 8.63. The molecule has 0 radical (unpaired) electrons. The molecule has 2 aromatic heterocycles. The lowest BCUT2D eigenvalue weighted by molar-refractivity contribution is 0.0935. The molecule has 1 aliphatic rings. The van der Waals surface area contributed by atoms with Gasteiger partial charge in [0.2, 0.25) is 0 Å². The molecule has 1 aromatic carbocycles. The van der Waals surface area contributed by atoms with Crippen molar-refractivity contribution in [1.29, 1.82) is 0 Å². The van der Waals surface area contributed by atoms with E-state index in [1.54, 1.807) is 4.68 Å². The van der Waals surface area contributed by atoms with Crippen LogP contribution in [-0.2, 0) is 7.05 Å². The fourth-order valence-corrected chi connectivity index (χ4v) is 4.07. The van der Waals surface area contributed by atoms with Crippen molar-refractivity contribution in [3.05, 3.63) is 47.7 Å². The van der Waals surface area contributed by atoms with Gasteiger partial charge in [-0.15, -0.1) is 0 Å². The highest BCUT2D eigenvalue weighted by Crippen LogP contribution is 2.27. The zero-order valence-electron chi connectivity index (χ0n) is 16.0. The third kappa shape index (κ3) is 3.59. The Morgan fingerprint density at radius 3 is 2.52 bits per heavy atom. The molecule has 27 heavy (non-hydrogen) atoms. The van der Waals surface area contributed by atoms with E-state index in [4.69, 9.17) is 4.98 Å².